The van der Waals surface area contributed by atoms with Gasteiger partial charge in [0.2, 0.25) is 22.7 Å². The van der Waals surface area contributed by atoms with Gasteiger partial charge in [0.1, 0.15) is 0 Å². The molecule has 0 bridgehead atoms. The Balaban J connectivity index is 2.09. The van der Waals surface area contributed by atoms with Gasteiger partial charge in [-0.25, -0.2) is 44.7 Å². The quantitative estimate of drug-likeness (QED) is 0.386. The topological polar surface area (TPSA) is 43.4 Å². The lowest BCUT2D eigenvalue weighted by Gasteiger charge is -2.78. The molecule has 3 nitrogen and oxygen atoms in total. The number of rotatable bonds is 0. The fraction of sp³-hybridized carbons (Fsp3) is 0.600. The van der Waals surface area contributed by atoms with E-state index < -0.39 is 57.6 Å². The Morgan fingerprint density at radius 1 is 0.619 bits per heavy atom. The molecule has 1 saturated heterocycles. The first kappa shape index (κ1) is 13.0. The summed E-state index contributed by atoms with van der Waals surface area (Å²) in [5.41, 5.74) is -29.9. The standard InChI is InChI=1S/C10F8O3/c11-1-2(12)6(14)5(1,13)9(17)7(15)3(19)21-4(20)8(7,16)10(6,9)18. The van der Waals surface area contributed by atoms with Crippen LogP contribution < -0.4 is 0 Å². The second-order valence-corrected chi connectivity index (χ2v) is 5.26. The highest BCUT2D eigenvalue weighted by Crippen LogP contribution is 2.91. The van der Waals surface area contributed by atoms with Crippen molar-refractivity contribution in [3.8, 4) is 0 Å². The van der Waals surface area contributed by atoms with Crippen molar-refractivity contribution in [3.63, 3.8) is 0 Å². The molecule has 4 aliphatic rings. The van der Waals surface area contributed by atoms with Crippen molar-refractivity contribution in [2.45, 2.75) is 34.0 Å². The van der Waals surface area contributed by atoms with E-state index in [0.717, 1.165) is 0 Å². The van der Waals surface area contributed by atoms with Gasteiger partial charge in [0.25, 0.3) is 11.3 Å². The summed E-state index contributed by atoms with van der Waals surface area (Å²) in [4.78, 5) is 22.1. The maximum Gasteiger partial charge on any atom is 0.359 e. The third-order valence-corrected chi connectivity index (χ3v) is 4.87. The van der Waals surface area contributed by atoms with Crippen LogP contribution in [0.5, 0.6) is 0 Å². The van der Waals surface area contributed by atoms with Crippen LogP contribution in [0.1, 0.15) is 0 Å². The van der Waals surface area contributed by atoms with E-state index in [9.17, 15) is 44.7 Å². The van der Waals surface area contributed by atoms with Crippen molar-refractivity contribution < 1.29 is 49.4 Å². The van der Waals surface area contributed by atoms with Gasteiger partial charge in [-0.15, -0.1) is 0 Å². The van der Waals surface area contributed by atoms with E-state index in [4.69, 9.17) is 0 Å². The van der Waals surface area contributed by atoms with E-state index in [-0.39, 0.29) is 0 Å². The van der Waals surface area contributed by atoms with Crippen LogP contribution in [0.15, 0.2) is 11.7 Å². The minimum Gasteiger partial charge on any atom is -0.388 e. The number of esters is 2. The number of halogens is 8. The van der Waals surface area contributed by atoms with Gasteiger partial charge in [-0.3, -0.25) is 0 Å². The zero-order valence-electron chi connectivity index (χ0n) is 9.25. The Hall–Kier alpha value is -1.68. The zero-order valence-corrected chi connectivity index (χ0v) is 9.25. The van der Waals surface area contributed by atoms with Crippen molar-refractivity contribution in [2.24, 2.45) is 0 Å². The zero-order chi connectivity index (χ0) is 16.0. The molecule has 1 heterocycles. The molecule has 0 spiro atoms. The molecule has 0 aromatic carbocycles. The molecule has 0 radical (unpaired) electrons. The predicted molar refractivity (Wildman–Crippen MR) is 43.4 cm³/mol. The smallest absolute Gasteiger partial charge is 0.359 e. The molecule has 21 heavy (non-hydrogen) atoms. The largest absolute Gasteiger partial charge is 0.388 e. The lowest BCUT2D eigenvalue weighted by molar-refractivity contribution is -0.474. The first-order valence-electron chi connectivity index (χ1n) is 5.33. The number of fused-ring (bicyclic) bond motifs is 7. The van der Waals surface area contributed by atoms with E-state index in [0.29, 0.717) is 0 Å². The third-order valence-electron chi connectivity index (χ3n) is 4.87. The Bertz CT molecular complexity index is 665. The highest BCUT2D eigenvalue weighted by atomic mass is 19.2. The molecule has 0 aromatic heterocycles. The summed E-state index contributed by atoms with van der Waals surface area (Å²) >= 11 is 0. The second-order valence-electron chi connectivity index (χ2n) is 5.26. The summed E-state index contributed by atoms with van der Waals surface area (Å²) < 4.78 is 115. The monoisotopic (exact) mass is 320 g/mol. The molecule has 4 rings (SSSR count). The first-order chi connectivity index (χ1) is 9.36. The fourth-order valence-corrected chi connectivity index (χ4v) is 3.88. The average molecular weight is 320 g/mol. The molecule has 0 amide bonds. The summed E-state index contributed by atoms with van der Waals surface area (Å²) in [7, 11) is 0. The van der Waals surface area contributed by atoms with Gasteiger partial charge in [0, 0.05) is 0 Å². The summed E-state index contributed by atoms with van der Waals surface area (Å²) in [6.45, 7) is 0. The van der Waals surface area contributed by atoms with Crippen LogP contribution in [-0.4, -0.2) is 46.0 Å². The Morgan fingerprint density at radius 3 is 1.19 bits per heavy atom. The molecule has 6 atom stereocenters. The first-order valence-corrected chi connectivity index (χ1v) is 5.33. The molecule has 1 aliphatic heterocycles. The van der Waals surface area contributed by atoms with Crippen LogP contribution in [-0.2, 0) is 14.3 Å². The third kappa shape index (κ3) is 0.560. The Morgan fingerprint density at radius 2 is 0.905 bits per heavy atom. The highest BCUT2D eigenvalue weighted by Gasteiger charge is 3.23. The van der Waals surface area contributed by atoms with E-state index >= 15 is 0 Å². The number of ether oxygens (including phenoxy) is 1. The van der Waals surface area contributed by atoms with Crippen molar-refractivity contribution in [3.05, 3.63) is 11.7 Å². The lowest BCUT2D eigenvalue weighted by atomic mass is 9.25. The maximum atomic E-state index is 14.3. The Kier molecular flexibility index (Phi) is 1.52. The van der Waals surface area contributed by atoms with Gasteiger partial charge in [0.05, 0.1) is 0 Å². The normalized spacial score (nSPS) is 63.8. The van der Waals surface area contributed by atoms with Crippen LogP contribution in [0, 0.1) is 0 Å². The fourth-order valence-electron chi connectivity index (χ4n) is 3.88. The number of alkyl halides is 6. The van der Waals surface area contributed by atoms with E-state index in [1.54, 1.807) is 0 Å². The molecule has 0 N–H and O–H groups in total. The average Bonchev–Trinajstić information content (AvgIpc) is 2.62. The second kappa shape index (κ2) is 2.45. The van der Waals surface area contributed by atoms with Gasteiger partial charge in [0.15, 0.2) is 11.7 Å². The summed E-state index contributed by atoms with van der Waals surface area (Å²) in [6.07, 6.45) is 0. The van der Waals surface area contributed by atoms with Gasteiger partial charge in [-0.05, 0) is 0 Å². The van der Waals surface area contributed by atoms with Crippen LogP contribution >= 0.6 is 0 Å². The van der Waals surface area contributed by atoms with Crippen LogP contribution in [0.25, 0.3) is 0 Å². The molecule has 3 fully saturated rings. The lowest BCUT2D eigenvalue weighted by Crippen LogP contribution is -3.12. The number of carbonyl (C=O) groups excluding carboxylic acids is 2. The van der Waals surface area contributed by atoms with Crippen molar-refractivity contribution in [1.82, 2.24) is 0 Å². The van der Waals surface area contributed by atoms with Gasteiger partial charge >= 0.3 is 11.9 Å². The summed E-state index contributed by atoms with van der Waals surface area (Å²) in [5, 5.41) is 0. The molecule has 6 unspecified atom stereocenters. The predicted octanol–water partition coefficient (Wildman–Crippen LogP) is 1.51. The number of hydrogen-bond acceptors (Lipinski definition) is 3. The number of carbonyl (C=O) groups is 2. The van der Waals surface area contributed by atoms with E-state index in [2.05, 4.69) is 4.74 Å². The molecule has 0 aromatic rings. The van der Waals surface area contributed by atoms with Gasteiger partial charge < -0.3 is 4.74 Å². The van der Waals surface area contributed by atoms with Gasteiger partial charge in [-0.1, -0.05) is 0 Å². The van der Waals surface area contributed by atoms with Crippen molar-refractivity contribution in [1.29, 1.82) is 0 Å². The van der Waals surface area contributed by atoms with E-state index in [1.807, 2.05) is 0 Å². The van der Waals surface area contributed by atoms with E-state index in [1.165, 1.54) is 0 Å². The Labute approximate surface area is 108 Å². The molecular weight excluding hydrogens is 320 g/mol. The molecular formula is C10F8O3. The number of cyclic esters (lactones) is 2. The molecule has 2 saturated carbocycles. The van der Waals surface area contributed by atoms with Crippen LogP contribution in [0.3, 0.4) is 0 Å². The summed E-state index contributed by atoms with van der Waals surface area (Å²) in [6, 6.07) is 0. The number of hydrogen-bond donors (Lipinski definition) is 0. The molecule has 114 valence electrons. The van der Waals surface area contributed by atoms with Crippen molar-refractivity contribution in [2.75, 3.05) is 0 Å². The highest BCUT2D eigenvalue weighted by molar-refractivity contribution is 6.13. The summed E-state index contributed by atoms with van der Waals surface area (Å²) in [5.74, 6) is -11.0. The minimum atomic E-state index is -5.10. The molecule has 3 aliphatic carbocycles. The SMILES string of the molecule is O=C1OC(=O)C2(F)C1(F)C1(F)C3(F)C(F)=C(F)C3(F)C21F. The maximum absolute atomic E-state index is 14.3. The van der Waals surface area contributed by atoms with Crippen LogP contribution in [0.2, 0.25) is 0 Å². The number of allylic oxidation sites excluding steroid dienone is 2. The minimum absolute atomic E-state index is 2.68. The van der Waals surface area contributed by atoms with Crippen molar-refractivity contribution >= 4 is 11.9 Å². The van der Waals surface area contributed by atoms with Gasteiger partial charge in [-0.2, -0.15) is 0 Å². The van der Waals surface area contributed by atoms with Crippen LogP contribution in [0.4, 0.5) is 35.1 Å². The molecule has 11 heteroatoms.